The second-order valence-corrected chi connectivity index (χ2v) is 5.91. The van der Waals surface area contributed by atoms with E-state index in [4.69, 9.17) is 16.3 Å². The molecule has 0 atom stereocenters. The molecule has 0 bridgehead atoms. The molecule has 6 heteroatoms. The van der Waals surface area contributed by atoms with Crippen molar-refractivity contribution in [3.8, 4) is 5.75 Å². The van der Waals surface area contributed by atoms with Crippen molar-refractivity contribution in [1.82, 2.24) is 0 Å². The highest BCUT2D eigenvalue weighted by Crippen LogP contribution is 2.27. The quantitative estimate of drug-likeness (QED) is 0.919. The van der Waals surface area contributed by atoms with Crippen molar-refractivity contribution >= 4 is 34.8 Å². The molecule has 0 aliphatic carbocycles. The summed E-state index contributed by atoms with van der Waals surface area (Å²) < 4.78 is 5.08. The number of nitrogens with zero attached hydrogens (tertiary/aromatic N) is 1. The predicted molar refractivity (Wildman–Crippen MR) is 94.0 cm³/mol. The molecule has 1 aliphatic rings. The Bertz CT molecular complexity index is 792. The van der Waals surface area contributed by atoms with E-state index in [2.05, 4.69) is 5.32 Å². The average molecular weight is 345 g/mol. The minimum absolute atomic E-state index is 0.111. The van der Waals surface area contributed by atoms with E-state index in [9.17, 15) is 9.59 Å². The number of rotatable bonds is 4. The molecular formula is C18H17ClN2O3. The summed E-state index contributed by atoms with van der Waals surface area (Å²) in [6.45, 7) is 0.713. The number of ether oxygens (including phenoxy) is 1. The molecule has 1 saturated heterocycles. The molecule has 0 aromatic heterocycles. The Balaban J connectivity index is 1.77. The van der Waals surface area contributed by atoms with E-state index in [1.807, 2.05) is 12.1 Å². The summed E-state index contributed by atoms with van der Waals surface area (Å²) in [5.74, 6) is 0.354. The van der Waals surface area contributed by atoms with Crippen LogP contribution in [-0.4, -0.2) is 25.5 Å². The van der Waals surface area contributed by atoms with Gasteiger partial charge in [-0.1, -0.05) is 17.7 Å². The fraction of sp³-hybridized carbons (Fsp3) is 0.222. The maximum Gasteiger partial charge on any atom is 0.255 e. The maximum atomic E-state index is 12.4. The number of hydrogen-bond acceptors (Lipinski definition) is 3. The minimum atomic E-state index is -0.274. The molecule has 2 amide bonds. The predicted octanol–water partition coefficient (Wildman–Crippen LogP) is 3.73. The number of anilines is 2. The first-order valence-corrected chi connectivity index (χ1v) is 8.01. The van der Waals surface area contributed by atoms with Crippen LogP contribution < -0.4 is 15.0 Å². The Labute approximate surface area is 145 Å². The fourth-order valence-corrected chi connectivity index (χ4v) is 2.94. The molecule has 24 heavy (non-hydrogen) atoms. The number of carbonyl (C=O) groups excluding carboxylic acids is 2. The molecule has 0 spiro atoms. The van der Waals surface area contributed by atoms with Crippen molar-refractivity contribution in [2.24, 2.45) is 0 Å². The van der Waals surface area contributed by atoms with Gasteiger partial charge in [0.15, 0.2) is 0 Å². The van der Waals surface area contributed by atoms with Gasteiger partial charge in [0.1, 0.15) is 5.75 Å². The lowest BCUT2D eigenvalue weighted by atomic mass is 10.2. The molecule has 3 rings (SSSR count). The molecule has 0 unspecified atom stereocenters. The SMILES string of the molecule is COc1ccc(C(=O)Nc2cccc(N3CCCC3=O)c2)cc1Cl. The first-order valence-electron chi connectivity index (χ1n) is 7.64. The maximum absolute atomic E-state index is 12.4. The van der Waals surface area contributed by atoms with Gasteiger partial charge in [-0.2, -0.15) is 0 Å². The number of amides is 2. The standard InChI is InChI=1S/C18H17ClN2O3/c1-24-16-8-7-12(10-15(16)19)18(23)20-13-4-2-5-14(11-13)21-9-3-6-17(21)22/h2,4-5,7-8,10-11H,3,6,9H2,1H3,(H,20,23). The van der Waals surface area contributed by atoms with Gasteiger partial charge in [0, 0.05) is 29.9 Å². The molecule has 1 N–H and O–H groups in total. The highest BCUT2D eigenvalue weighted by Gasteiger charge is 2.21. The molecule has 1 aliphatic heterocycles. The van der Waals surface area contributed by atoms with Crippen LogP contribution in [-0.2, 0) is 4.79 Å². The number of hydrogen-bond donors (Lipinski definition) is 1. The molecule has 1 heterocycles. The van der Waals surface area contributed by atoms with Crippen LogP contribution in [0.5, 0.6) is 5.75 Å². The van der Waals surface area contributed by atoms with E-state index >= 15 is 0 Å². The Kier molecular flexibility index (Phi) is 4.71. The Morgan fingerprint density at radius 3 is 2.75 bits per heavy atom. The van der Waals surface area contributed by atoms with Crippen molar-refractivity contribution in [3.63, 3.8) is 0 Å². The zero-order valence-corrected chi connectivity index (χ0v) is 14.0. The highest BCUT2D eigenvalue weighted by molar-refractivity contribution is 6.32. The molecular weight excluding hydrogens is 328 g/mol. The van der Waals surface area contributed by atoms with Gasteiger partial charge in [-0.15, -0.1) is 0 Å². The number of methoxy groups -OCH3 is 1. The molecule has 2 aromatic rings. The number of halogens is 1. The van der Waals surface area contributed by atoms with Crippen LogP contribution in [0.2, 0.25) is 5.02 Å². The summed E-state index contributed by atoms with van der Waals surface area (Å²) >= 11 is 6.05. The first kappa shape index (κ1) is 16.3. The van der Waals surface area contributed by atoms with Crippen molar-refractivity contribution in [2.45, 2.75) is 12.8 Å². The minimum Gasteiger partial charge on any atom is -0.495 e. The van der Waals surface area contributed by atoms with Crippen LogP contribution in [0.4, 0.5) is 11.4 Å². The third-order valence-electron chi connectivity index (χ3n) is 3.90. The van der Waals surface area contributed by atoms with E-state index in [0.29, 0.717) is 35.0 Å². The van der Waals surface area contributed by atoms with Crippen molar-refractivity contribution < 1.29 is 14.3 Å². The zero-order valence-electron chi connectivity index (χ0n) is 13.2. The van der Waals surface area contributed by atoms with E-state index in [-0.39, 0.29) is 11.8 Å². The van der Waals surface area contributed by atoms with Gasteiger partial charge in [0.05, 0.1) is 12.1 Å². The first-order chi connectivity index (χ1) is 11.6. The van der Waals surface area contributed by atoms with Gasteiger partial charge < -0.3 is 15.0 Å². The summed E-state index contributed by atoms with van der Waals surface area (Å²) in [6.07, 6.45) is 1.43. The number of carbonyl (C=O) groups is 2. The van der Waals surface area contributed by atoms with E-state index in [1.165, 1.54) is 7.11 Å². The summed E-state index contributed by atoms with van der Waals surface area (Å²) in [4.78, 5) is 25.9. The van der Waals surface area contributed by atoms with Crippen LogP contribution in [0.25, 0.3) is 0 Å². The van der Waals surface area contributed by atoms with Crippen molar-refractivity contribution in [2.75, 3.05) is 23.9 Å². The summed E-state index contributed by atoms with van der Waals surface area (Å²) in [5.41, 5.74) is 1.86. The van der Waals surface area contributed by atoms with Gasteiger partial charge in [-0.3, -0.25) is 9.59 Å². The van der Waals surface area contributed by atoms with E-state index in [1.54, 1.807) is 35.2 Å². The Morgan fingerprint density at radius 2 is 2.08 bits per heavy atom. The van der Waals surface area contributed by atoms with Crippen LogP contribution >= 0.6 is 11.6 Å². The topological polar surface area (TPSA) is 58.6 Å². The lowest BCUT2D eigenvalue weighted by molar-refractivity contribution is -0.117. The van der Waals surface area contributed by atoms with Gasteiger partial charge in [0.25, 0.3) is 5.91 Å². The van der Waals surface area contributed by atoms with Gasteiger partial charge in [0.2, 0.25) is 5.91 Å². The number of nitrogens with one attached hydrogen (secondary N) is 1. The Hall–Kier alpha value is -2.53. The van der Waals surface area contributed by atoms with E-state index in [0.717, 1.165) is 12.1 Å². The molecule has 0 saturated carbocycles. The Morgan fingerprint density at radius 1 is 1.25 bits per heavy atom. The second-order valence-electron chi connectivity index (χ2n) is 5.50. The third kappa shape index (κ3) is 3.36. The van der Waals surface area contributed by atoms with Crippen molar-refractivity contribution in [3.05, 3.63) is 53.1 Å². The lowest BCUT2D eigenvalue weighted by Gasteiger charge is -2.17. The smallest absolute Gasteiger partial charge is 0.255 e. The van der Waals surface area contributed by atoms with Gasteiger partial charge in [-0.25, -0.2) is 0 Å². The molecule has 5 nitrogen and oxygen atoms in total. The summed E-state index contributed by atoms with van der Waals surface area (Å²) in [6, 6.07) is 12.1. The second kappa shape index (κ2) is 6.93. The highest BCUT2D eigenvalue weighted by atomic mass is 35.5. The van der Waals surface area contributed by atoms with Crippen LogP contribution in [0, 0.1) is 0 Å². The average Bonchev–Trinajstić information content (AvgIpc) is 3.01. The fourth-order valence-electron chi connectivity index (χ4n) is 2.68. The largest absolute Gasteiger partial charge is 0.495 e. The monoisotopic (exact) mass is 344 g/mol. The van der Waals surface area contributed by atoms with Crippen molar-refractivity contribution in [1.29, 1.82) is 0 Å². The molecule has 2 aromatic carbocycles. The molecule has 1 fully saturated rings. The van der Waals surface area contributed by atoms with Gasteiger partial charge >= 0.3 is 0 Å². The summed E-state index contributed by atoms with van der Waals surface area (Å²) in [7, 11) is 1.52. The van der Waals surface area contributed by atoms with E-state index < -0.39 is 0 Å². The summed E-state index contributed by atoms with van der Waals surface area (Å²) in [5, 5.41) is 3.20. The van der Waals surface area contributed by atoms with Crippen LogP contribution in [0.3, 0.4) is 0 Å². The molecule has 0 radical (unpaired) electrons. The van der Waals surface area contributed by atoms with Crippen LogP contribution in [0.15, 0.2) is 42.5 Å². The third-order valence-corrected chi connectivity index (χ3v) is 4.20. The van der Waals surface area contributed by atoms with Crippen LogP contribution in [0.1, 0.15) is 23.2 Å². The zero-order chi connectivity index (χ0) is 17.1. The van der Waals surface area contributed by atoms with Gasteiger partial charge in [-0.05, 0) is 42.8 Å². The molecule has 124 valence electrons. The normalized spacial score (nSPS) is 13.9. The lowest BCUT2D eigenvalue weighted by Crippen LogP contribution is -2.23. The number of benzene rings is 2.